The molecule has 1 atom stereocenters. The minimum Gasteiger partial charge on any atom is -0.378 e. The number of rotatable bonds is 5. The van der Waals surface area contributed by atoms with E-state index in [0.717, 1.165) is 43.0 Å². The van der Waals surface area contributed by atoms with Crippen molar-refractivity contribution in [3.8, 4) is 0 Å². The number of carbonyl (C=O) groups is 1. The lowest BCUT2D eigenvalue weighted by Crippen LogP contribution is -2.47. The van der Waals surface area contributed by atoms with Crippen molar-refractivity contribution in [3.05, 3.63) is 17.0 Å². The SMILES string of the molecule is O=C(c1n[nH]c2c1CCCCC2)N1CCOC(COCC2CC2)C1. The Hall–Kier alpha value is -1.40. The van der Waals surface area contributed by atoms with E-state index in [1.165, 1.54) is 25.7 Å². The second kappa shape index (κ2) is 7.23. The minimum atomic E-state index is -0.0148. The van der Waals surface area contributed by atoms with E-state index < -0.39 is 0 Å². The number of nitrogens with one attached hydrogen (secondary N) is 1. The number of carbonyl (C=O) groups excluding carboxylic acids is 1. The van der Waals surface area contributed by atoms with E-state index >= 15 is 0 Å². The summed E-state index contributed by atoms with van der Waals surface area (Å²) >= 11 is 0. The third-order valence-corrected chi connectivity index (χ3v) is 5.29. The van der Waals surface area contributed by atoms with Crippen molar-refractivity contribution in [2.75, 3.05) is 32.9 Å². The Morgan fingerprint density at radius 1 is 1.25 bits per heavy atom. The Morgan fingerprint density at radius 2 is 2.12 bits per heavy atom. The highest BCUT2D eigenvalue weighted by molar-refractivity contribution is 5.94. The molecule has 1 aromatic rings. The van der Waals surface area contributed by atoms with Crippen LogP contribution in [-0.2, 0) is 22.3 Å². The van der Waals surface area contributed by atoms with Gasteiger partial charge in [-0.1, -0.05) is 6.42 Å². The molecule has 132 valence electrons. The van der Waals surface area contributed by atoms with Gasteiger partial charge in [0.2, 0.25) is 0 Å². The van der Waals surface area contributed by atoms with Crippen LogP contribution in [0.25, 0.3) is 0 Å². The van der Waals surface area contributed by atoms with Crippen molar-refractivity contribution in [2.45, 2.75) is 51.0 Å². The standard InChI is InChI=1S/C18H27N3O3/c22-18(17-15-4-2-1-3-5-16(15)19-20-17)21-8-9-24-14(10-21)12-23-11-13-6-7-13/h13-14H,1-12H2,(H,19,20). The zero-order valence-corrected chi connectivity index (χ0v) is 14.3. The molecule has 0 aromatic carbocycles. The van der Waals surface area contributed by atoms with Crippen LogP contribution in [0.5, 0.6) is 0 Å². The molecule has 1 saturated heterocycles. The molecule has 3 aliphatic rings. The Bertz CT molecular complexity index is 582. The monoisotopic (exact) mass is 333 g/mol. The number of aromatic amines is 1. The van der Waals surface area contributed by atoms with Crippen molar-refractivity contribution in [1.82, 2.24) is 15.1 Å². The zero-order valence-electron chi connectivity index (χ0n) is 14.3. The Morgan fingerprint density at radius 3 is 3.00 bits per heavy atom. The van der Waals surface area contributed by atoms with Gasteiger partial charge in [0.25, 0.3) is 5.91 Å². The molecule has 1 saturated carbocycles. The first-order valence-electron chi connectivity index (χ1n) is 9.36. The number of fused-ring (bicyclic) bond motifs is 1. The summed E-state index contributed by atoms with van der Waals surface area (Å²) in [6.45, 7) is 3.24. The van der Waals surface area contributed by atoms with E-state index in [-0.39, 0.29) is 12.0 Å². The number of aromatic nitrogens is 2. The first kappa shape index (κ1) is 16.1. The molecular formula is C18H27N3O3. The van der Waals surface area contributed by atoms with E-state index in [1.54, 1.807) is 0 Å². The molecule has 0 bridgehead atoms. The third kappa shape index (κ3) is 3.64. The molecule has 1 amide bonds. The smallest absolute Gasteiger partial charge is 0.274 e. The molecule has 2 fully saturated rings. The number of hydrogen-bond donors (Lipinski definition) is 1. The normalized spacial score (nSPS) is 24.5. The van der Waals surface area contributed by atoms with E-state index in [9.17, 15) is 4.79 Å². The average Bonchev–Trinajstić information content (AvgIpc) is 3.39. The largest absolute Gasteiger partial charge is 0.378 e. The number of hydrogen-bond acceptors (Lipinski definition) is 4. The molecule has 0 spiro atoms. The van der Waals surface area contributed by atoms with E-state index in [4.69, 9.17) is 9.47 Å². The maximum absolute atomic E-state index is 12.9. The van der Waals surface area contributed by atoms with Gasteiger partial charge in [0.05, 0.1) is 19.3 Å². The highest BCUT2D eigenvalue weighted by Gasteiger charge is 2.30. The average molecular weight is 333 g/mol. The Labute approximate surface area is 142 Å². The number of ether oxygens (including phenoxy) is 2. The van der Waals surface area contributed by atoms with Crippen LogP contribution in [0.3, 0.4) is 0 Å². The molecular weight excluding hydrogens is 306 g/mol. The van der Waals surface area contributed by atoms with Gasteiger partial charge in [-0.2, -0.15) is 5.10 Å². The molecule has 1 N–H and O–H groups in total. The molecule has 2 heterocycles. The lowest BCUT2D eigenvalue weighted by molar-refractivity contribution is -0.0629. The van der Waals surface area contributed by atoms with Crippen molar-refractivity contribution >= 4 is 5.91 Å². The van der Waals surface area contributed by atoms with Crippen LogP contribution in [-0.4, -0.2) is 60.0 Å². The van der Waals surface area contributed by atoms with Gasteiger partial charge in [-0.15, -0.1) is 0 Å². The molecule has 24 heavy (non-hydrogen) atoms. The summed E-state index contributed by atoms with van der Waals surface area (Å²) in [5.41, 5.74) is 2.94. The van der Waals surface area contributed by atoms with Crippen molar-refractivity contribution in [3.63, 3.8) is 0 Å². The lowest BCUT2D eigenvalue weighted by Gasteiger charge is -2.32. The number of morpholine rings is 1. The summed E-state index contributed by atoms with van der Waals surface area (Å²) in [6, 6.07) is 0. The van der Waals surface area contributed by atoms with Gasteiger partial charge in [0.1, 0.15) is 0 Å². The van der Waals surface area contributed by atoms with Gasteiger partial charge in [-0.3, -0.25) is 9.89 Å². The highest BCUT2D eigenvalue weighted by Crippen LogP contribution is 2.29. The van der Waals surface area contributed by atoms with Crippen LogP contribution < -0.4 is 0 Å². The molecule has 1 aromatic heterocycles. The van der Waals surface area contributed by atoms with E-state index in [0.29, 0.717) is 32.0 Å². The second-order valence-electron chi connectivity index (χ2n) is 7.31. The first-order valence-corrected chi connectivity index (χ1v) is 9.36. The van der Waals surface area contributed by atoms with Gasteiger partial charge in [0, 0.05) is 31.0 Å². The number of amides is 1. The summed E-state index contributed by atoms with van der Waals surface area (Å²) in [6.07, 6.45) is 8.10. The van der Waals surface area contributed by atoms with Gasteiger partial charge >= 0.3 is 0 Å². The van der Waals surface area contributed by atoms with E-state index in [1.807, 2.05) is 4.90 Å². The fraction of sp³-hybridized carbons (Fsp3) is 0.778. The molecule has 4 rings (SSSR count). The predicted molar refractivity (Wildman–Crippen MR) is 89.0 cm³/mol. The first-order chi connectivity index (χ1) is 11.8. The van der Waals surface area contributed by atoms with E-state index in [2.05, 4.69) is 10.2 Å². The highest BCUT2D eigenvalue weighted by atomic mass is 16.5. The fourth-order valence-corrected chi connectivity index (χ4v) is 3.64. The number of nitrogens with zero attached hydrogens (tertiary/aromatic N) is 2. The molecule has 6 nitrogen and oxygen atoms in total. The summed E-state index contributed by atoms with van der Waals surface area (Å²) in [5.74, 6) is 0.802. The Kier molecular flexibility index (Phi) is 4.85. The van der Waals surface area contributed by atoms with Crippen LogP contribution >= 0.6 is 0 Å². The van der Waals surface area contributed by atoms with Gasteiger partial charge in [0.15, 0.2) is 5.69 Å². The molecule has 1 aliphatic heterocycles. The Balaban J connectivity index is 1.37. The maximum Gasteiger partial charge on any atom is 0.274 e. The van der Waals surface area contributed by atoms with Crippen LogP contribution in [0.2, 0.25) is 0 Å². The lowest BCUT2D eigenvalue weighted by atomic mass is 10.1. The number of aryl methyl sites for hydroxylation is 1. The van der Waals surface area contributed by atoms with Crippen molar-refractivity contribution in [2.24, 2.45) is 5.92 Å². The summed E-state index contributed by atoms with van der Waals surface area (Å²) in [7, 11) is 0. The summed E-state index contributed by atoms with van der Waals surface area (Å²) in [4.78, 5) is 14.8. The molecule has 1 unspecified atom stereocenters. The third-order valence-electron chi connectivity index (χ3n) is 5.29. The zero-order chi connectivity index (χ0) is 16.4. The number of H-pyrrole nitrogens is 1. The topological polar surface area (TPSA) is 67.5 Å². The van der Waals surface area contributed by atoms with Crippen LogP contribution in [0, 0.1) is 5.92 Å². The van der Waals surface area contributed by atoms with Gasteiger partial charge in [-0.25, -0.2) is 0 Å². The molecule has 0 radical (unpaired) electrons. The predicted octanol–water partition coefficient (Wildman–Crippen LogP) is 1.95. The van der Waals surface area contributed by atoms with Crippen LogP contribution in [0.1, 0.15) is 53.8 Å². The molecule has 6 heteroatoms. The summed E-state index contributed by atoms with van der Waals surface area (Å²) in [5, 5.41) is 7.44. The maximum atomic E-state index is 12.9. The quantitative estimate of drug-likeness (QED) is 0.836. The molecule has 2 aliphatic carbocycles. The van der Waals surface area contributed by atoms with Gasteiger partial charge < -0.3 is 14.4 Å². The van der Waals surface area contributed by atoms with Crippen molar-refractivity contribution in [1.29, 1.82) is 0 Å². The van der Waals surface area contributed by atoms with Crippen molar-refractivity contribution < 1.29 is 14.3 Å². The van der Waals surface area contributed by atoms with Crippen LogP contribution in [0.15, 0.2) is 0 Å². The summed E-state index contributed by atoms with van der Waals surface area (Å²) < 4.78 is 11.5. The fourth-order valence-electron chi connectivity index (χ4n) is 3.64. The van der Waals surface area contributed by atoms with Gasteiger partial charge in [-0.05, 0) is 44.4 Å². The van der Waals surface area contributed by atoms with Crippen LogP contribution in [0.4, 0.5) is 0 Å². The minimum absolute atomic E-state index is 0.0148. The second-order valence-corrected chi connectivity index (χ2v) is 7.31.